The lowest BCUT2D eigenvalue weighted by molar-refractivity contribution is -0.147. The number of methoxy groups -OCH3 is 1. The van der Waals surface area contributed by atoms with Gasteiger partial charge >= 0.3 is 12.0 Å². The Morgan fingerprint density at radius 3 is 2.20 bits per heavy atom. The first-order chi connectivity index (χ1) is 6.97. The second-order valence-corrected chi connectivity index (χ2v) is 3.55. The third kappa shape index (κ3) is 6.73. The van der Waals surface area contributed by atoms with Crippen LogP contribution >= 0.6 is 0 Å². The van der Waals surface area contributed by atoms with E-state index in [1.807, 2.05) is 13.8 Å². The molecule has 0 aliphatic rings. The Kier molecular flexibility index (Phi) is 6.44. The number of hydrogen-bond donors (Lipinski definition) is 3. The SMILES string of the molecule is COC(CNC(=O)NCC(C)C)C(=O)O. The molecule has 0 saturated carbocycles. The number of rotatable bonds is 6. The predicted octanol–water partition coefficient (Wildman–Crippen LogP) is 0.0412. The maximum atomic E-state index is 11.1. The molecule has 1 unspecified atom stereocenters. The first-order valence-electron chi connectivity index (χ1n) is 4.74. The van der Waals surface area contributed by atoms with Gasteiger partial charge in [-0.3, -0.25) is 0 Å². The zero-order valence-electron chi connectivity index (χ0n) is 9.24. The van der Waals surface area contributed by atoms with Crippen molar-refractivity contribution in [2.45, 2.75) is 20.0 Å². The summed E-state index contributed by atoms with van der Waals surface area (Å²) in [5.74, 6) is -0.741. The van der Waals surface area contributed by atoms with Crippen molar-refractivity contribution in [1.82, 2.24) is 10.6 Å². The minimum Gasteiger partial charge on any atom is -0.479 e. The summed E-state index contributed by atoms with van der Waals surface area (Å²) in [7, 11) is 1.28. The molecule has 6 nitrogen and oxygen atoms in total. The minimum absolute atomic E-state index is 0.0459. The van der Waals surface area contributed by atoms with Crippen molar-refractivity contribution in [1.29, 1.82) is 0 Å². The van der Waals surface area contributed by atoms with Crippen LogP contribution < -0.4 is 10.6 Å². The average Bonchev–Trinajstić information content (AvgIpc) is 2.15. The van der Waals surface area contributed by atoms with E-state index in [4.69, 9.17) is 5.11 Å². The number of carbonyl (C=O) groups is 2. The molecule has 0 aromatic heterocycles. The smallest absolute Gasteiger partial charge is 0.334 e. The number of carboxylic acids is 1. The number of ether oxygens (including phenoxy) is 1. The van der Waals surface area contributed by atoms with Crippen LogP contribution in [-0.2, 0) is 9.53 Å². The van der Waals surface area contributed by atoms with Crippen molar-refractivity contribution in [2.24, 2.45) is 5.92 Å². The largest absolute Gasteiger partial charge is 0.479 e. The van der Waals surface area contributed by atoms with Crippen LogP contribution in [0.15, 0.2) is 0 Å². The molecule has 0 rings (SSSR count). The van der Waals surface area contributed by atoms with E-state index in [1.54, 1.807) is 0 Å². The van der Waals surface area contributed by atoms with E-state index in [0.29, 0.717) is 12.5 Å². The summed E-state index contributed by atoms with van der Waals surface area (Å²) in [6, 6.07) is -0.382. The lowest BCUT2D eigenvalue weighted by atomic mass is 10.2. The van der Waals surface area contributed by atoms with E-state index in [0.717, 1.165) is 0 Å². The molecule has 0 heterocycles. The predicted molar refractivity (Wildman–Crippen MR) is 54.7 cm³/mol. The van der Waals surface area contributed by atoms with Gasteiger partial charge in [-0.15, -0.1) is 0 Å². The molecule has 0 saturated heterocycles. The van der Waals surface area contributed by atoms with Crippen LogP contribution in [0.4, 0.5) is 4.79 Å². The topological polar surface area (TPSA) is 87.7 Å². The van der Waals surface area contributed by atoms with Crippen molar-refractivity contribution >= 4 is 12.0 Å². The molecule has 0 aromatic rings. The number of carboxylic acid groups (broad SMARTS) is 1. The Bertz CT molecular complexity index is 218. The van der Waals surface area contributed by atoms with Gasteiger partial charge in [0.2, 0.25) is 0 Å². The van der Waals surface area contributed by atoms with Gasteiger partial charge in [-0.1, -0.05) is 13.8 Å². The first-order valence-corrected chi connectivity index (χ1v) is 4.74. The van der Waals surface area contributed by atoms with Gasteiger partial charge in [0.25, 0.3) is 0 Å². The maximum absolute atomic E-state index is 11.1. The normalized spacial score (nSPS) is 12.3. The molecular formula is C9H18N2O4. The molecule has 6 heteroatoms. The van der Waals surface area contributed by atoms with Crippen molar-refractivity contribution in [2.75, 3.05) is 20.2 Å². The van der Waals surface area contributed by atoms with Crippen LogP contribution in [0, 0.1) is 5.92 Å². The Labute approximate surface area is 89.0 Å². The van der Waals surface area contributed by atoms with Gasteiger partial charge in [0.15, 0.2) is 6.10 Å². The highest BCUT2D eigenvalue weighted by Gasteiger charge is 2.16. The first kappa shape index (κ1) is 13.7. The number of amides is 2. The lowest BCUT2D eigenvalue weighted by Crippen LogP contribution is -2.43. The fourth-order valence-corrected chi connectivity index (χ4v) is 0.816. The Balaban J connectivity index is 3.74. The van der Waals surface area contributed by atoms with E-state index < -0.39 is 12.1 Å². The summed E-state index contributed by atoms with van der Waals surface area (Å²) in [6.45, 7) is 4.44. The van der Waals surface area contributed by atoms with E-state index in [9.17, 15) is 9.59 Å². The Morgan fingerprint density at radius 1 is 1.27 bits per heavy atom. The molecule has 0 bridgehead atoms. The van der Waals surface area contributed by atoms with E-state index in [1.165, 1.54) is 7.11 Å². The second-order valence-electron chi connectivity index (χ2n) is 3.55. The molecule has 0 aliphatic heterocycles. The molecule has 2 amide bonds. The van der Waals surface area contributed by atoms with Crippen molar-refractivity contribution in [3.63, 3.8) is 0 Å². The Hall–Kier alpha value is -1.30. The second kappa shape index (κ2) is 7.05. The number of aliphatic carboxylic acids is 1. The summed E-state index contributed by atoms with van der Waals surface area (Å²) in [4.78, 5) is 21.6. The molecular weight excluding hydrogens is 200 g/mol. The van der Waals surface area contributed by atoms with Crippen LogP contribution in [0.1, 0.15) is 13.8 Å². The number of nitrogens with one attached hydrogen (secondary N) is 2. The van der Waals surface area contributed by atoms with Gasteiger partial charge < -0.3 is 20.5 Å². The maximum Gasteiger partial charge on any atom is 0.334 e. The van der Waals surface area contributed by atoms with Crippen LogP contribution in [-0.4, -0.2) is 43.4 Å². The molecule has 0 radical (unpaired) electrons. The van der Waals surface area contributed by atoms with Gasteiger partial charge in [0.05, 0.1) is 6.54 Å². The van der Waals surface area contributed by atoms with E-state index >= 15 is 0 Å². The van der Waals surface area contributed by atoms with Crippen LogP contribution in [0.3, 0.4) is 0 Å². The van der Waals surface area contributed by atoms with Crippen molar-refractivity contribution < 1.29 is 19.4 Å². The molecule has 0 aromatic carbocycles. The number of urea groups is 1. The van der Waals surface area contributed by atoms with Crippen LogP contribution in [0.2, 0.25) is 0 Å². The van der Waals surface area contributed by atoms with Gasteiger partial charge in [0.1, 0.15) is 0 Å². The highest BCUT2D eigenvalue weighted by Crippen LogP contribution is 1.89. The Morgan fingerprint density at radius 2 is 1.80 bits per heavy atom. The fraction of sp³-hybridized carbons (Fsp3) is 0.778. The summed E-state index contributed by atoms with van der Waals surface area (Å²) in [5.41, 5.74) is 0. The minimum atomic E-state index is -1.10. The third-order valence-corrected chi connectivity index (χ3v) is 1.68. The van der Waals surface area contributed by atoms with E-state index in [2.05, 4.69) is 15.4 Å². The summed E-state index contributed by atoms with van der Waals surface area (Å²) >= 11 is 0. The molecule has 88 valence electrons. The summed E-state index contributed by atoms with van der Waals surface area (Å²) in [6.07, 6.45) is -1.00. The molecule has 15 heavy (non-hydrogen) atoms. The van der Waals surface area contributed by atoms with Gasteiger partial charge in [-0.25, -0.2) is 9.59 Å². The van der Waals surface area contributed by atoms with E-state index in [-0.39, 0.29) is 12.6 Å². The highest BCUT2D eigenvalue weighted by molar-refractivity contribution is 5.76. The third-order valence-electron chi connectivity index (χ3n) is 1.68. The number of hydrogen-bond acceptors (Lipinski definition) is 3. The van der Waals surface area contributed by atoms with Crippen LogP contribution in [0.25, 0.3) is 0 Å². The zero-order valence-corrected chi connectivity index (χ0v) is 9.24. The summed E-state index contributed by atoms with van der Waals surface area (Å²) < 4.78 is 4.65. The van der Waals surface area contributed by atoms with Crippen LogP contribution in [0.5, 0.6) is 0 Å². The fourth-order valence-electron chi connectivity index (χ4n) is 0.816. The lowest BCUT2D eigenvalue weighted by Gasteiger charge is -2.13. The van der Waals surface area contributed by atoms with Crippen molar-refractivity contribution in [3.8, 4) is 0 Å². The van der Waals surface area contributed by atoms with Gasteiger partial charge in [0, 0.05) is 13.7 Å². The van der Waals surface area contributed by atoms with Gasteiger partial charge in [-0.2, -0.15) is 0 Å². The van der Waals surface area contributed by atoms with Gasteiger partial charge in [-0.05, 0) is 5.92 Å². The monoisotopic (exact) mass is 218 g/mol. The quantitative estimate of drug-likeness (QED) is 0.587. The molecule has 0 aliphatic carbocycles. The standard InChI is InChI=1S/C9H18N2O4/c1-6(2)4-10-9(14)11-5-7(15-3)8(12)13/h6-7H,4-5H2,1-3H3,(H,12,13)(H2,10,11,14). The summed E-state index contributed by atoms with van der Waals surface area (Å²) in [5, 5.41) is 13.6. The average molecular weight is 218 g/mol. The molecule has 1 atom stereocenters. The molecule has 0 fully saturated rings. The highest BCUT2D eigenvalue weighted by atomic mass is 16.5. The molecule has 3 N–H and O–H groups in total. The molecule has 0 spiro atoms. The van der Waals surface area contributed by atoms with Crippen molar-refractivity contribution in [3.05, 3.63) is 0 Å². The number of carbonyl (C=O) groups excluding carboxylic acids is 1. The zero-order chi connectivity index (χ0) is 11.8.